The highest BCUT2D eigenvalue weighted by Crippen LogP contribution is 2.35. The first-order chi connectivity index (χ1) is 9.52. The Morgan fingerprint density at radius 1 is 1.29 bits per heavy atom. The molecule has 3 nitrogen and oxygen atoms in total. The summed E-state index contributed by atoms with van der Waals surface area (Å²) in [7, 11) is 0. The van der Waals surface area contributed by atoms with Crippen molar-refractivity contribution in [3.05, 3.63) is 28.0 Å². The third-order valence-electron chi connectivity index (χ3n) is 3.36. The van der Waals surface area contributed by atoms with Crippen LogP contribution in [0.15, 0.2) is 16.6 Å². The van der Waals surface area contributed by atoms with E-state index in [2.05, 4.69) is 15.9 Å². The van der Waals surface area contributed by atoms with Crippen molar-refractivity contribution in [2.24, 2.45) is 5.73 Å². The molecule has 0 bridgehead atoms. The topological polar surface area (TPSA) is 38.5 Å². The van der Waals surface area contributed by atoms with Crippen LogP contribution >= 0.6 is 28.1 Å². The molecule has 1 fully saturated rings. The van der Waals surface area contributed by atoms with Gasteiger partial charge in [0, 0.05) is 18.7 Å². The van der Waals surface area contributed by atoms with E-state index >= 15 is 0 Å². The van der Waals surface area contributed by atoms with Gasteiger partial charge in [0.15, 0.2) is 5.82 Å². The van der Waals surface area contributed by atoms with E-state index < -0.39 is 0 Å². The Hall–Kier alpha value is -0.720. The van der Waals surface area contributed by atoms with Crippen molar-refractivity contribution in [3.63, 3.8) is 0 Å². The summed E-state index contributed by atoms with van der Waals surface area (Å²) in [5.74, 6) is -0.339. The van der Waals surface area contributed by atoms with Crippen LogP contribution in [-0.4, -0.2) is 29.3 Å². The van der Waals surface area contributed by atoms with Crippen LogP contribution in [0.2, 0.25) is 0 Å². The lowest BCUT2D eigenvalue weighted by Gasteiger charge is -2.48. The second kappa shape index (κ2) is 5.48. The highest BCUT2D eigenvalue weighted by molar-refractivity contribution is 9.10. The standard InChI is InChI=1S/C15H20BrFN2OS/c1-14(2)7-19(8-15(3,4)20-14)10-6-5-9(13(18)21)11(16)12(10)17/h5-6H,7-8H2,1-4H3,(H2,18,21). The fourth-order valence-corrected chi connectivity index (χ4v) is 3.78. The van der Waals surface area contributed by atoms with Crippen LogP contribution in [0.4, 0.5) is 10.1 Å². The SMILES string of the molecule is CC1(C)CN(c2ccc(C(N)=S)c(Br)c2F)CC(C)(C)O1. The second-order valence-corrected chi connectivity index (χ2v) is 7.83. The average molecular weight is 375 g/mol. The molecule has 1 aliphatic rings. The molecule has 1 saturated heterocycles. The first kappa shape index (κ1) is 16.6. The molecule has 0 atom stereocenters. The Bertz CT molecular complexity index is 573. The van der Waals surface area contributed by atoms with Gasteiger partial charge in [0.2, 0.25) is 0 Å². The van der Waals surface area contributed by atoms with Crippen LogP contribution in [0, 0.1) is 5.82 Å². The molecule has 0 spiro atoms. The van der Waals surface area contributed by atoms with E-state index in [1.54, 1.807) is 12.1 Å². The fourth-order valence-electron chi connectivity index (χ4n) is 2.93. The normalized spacial score (nSPS) is 20.4. The van der Waals surface area contributed by atoms with E-state index in [9.17, 15) is 4.39 Å². The molecular weight excluding hydrogens is 355 g/mol. The molecule has 0 aliphatic carbocycles. The fraction of sp³-hybridized carbons (Fsp3) is 0.533. The number of hydrogen-bond acceptors (Lipinski definition) is 3. The van der Waals surface area contributed by atoms with E-state index in [1.165, 1.54) is 0 Å². The maximum atomic E-state index is 14.7. The molecule has 1 heterocycles. The highest BCUT2D eigenvalue weighted by Gasteiger charge is 2.39. The van der Waals surface area contributed by atoms with E-state index in [0.29, 0.717) is 28.8 Å². The zero-order valence-corrected chi connectivity index (χ0v) is 15.1. The van der Waals surface area contributed by atoms with Crippen LogP contribution in [-0.2, 0) is 4.74 Å². The van der Waals surface area contributed by atoms with Crippen LogP contribution < -0.4 is 10.6 Å². The van der Waals surface area contributed by atoms with Gasteiger partial charge in [-0.3, -0.25) is 0 Å². The quantitative estimate of drug-likeness (QED) is 0.802. The monoisotopic (exact) mass is 374 g/mol. The minimum absolute atomic E-state index is 0.176. The summed E-state index contributed by atoms with van der Waals surface area (Å²) in [5, 5.41) is 0. The van der Waals surface area contributed by atoms with Gasteiger partial charge in [-0.25, -0.2) is 4.39 Å². The van der Waals surface area contributed by atoms with Gasteiger partial charge in [0.05, 0.1) is 21.4 Å². The zero-order chi connectivity index (χ0) is 16.0. The summed E-state index contributed by atoms with van der Waals surface area (Å²) in [6, 6.07) is 3.48. The molecule has 0 unspecified atom stereocenters. The molecule has 1 aromatic rings. The number of nitrogens with two attached hydrogens (primary N) is 1. The van der Waals surface area contributed by atoms with Gasteiger partial charge < -0.3 is 15.4 Å². The van der Waals surface area contributed by atoms with E-state index in [-0.39, 0.29) is 22.0 Å². The van der Waals surface area contributed by atoms with Gasteiger partial charge in [0.25, 0.3) is 0 Å². The van der Waals surface area contributed by atoms with Crippen molar-refractivity contribution in [2.75, 3.05) is 18.0 Å². The van der Waals surface area contributed by atoms with Gasteiger partial charge in [-0.2, -0.15) is 0 Å². The molecule has 0 aromatic heterocycles. The lowest BCUT2D eigenvalue weighted by atomic mass is 9.98. The average Bonchev–Trinajstić information content (AvgIpc) is 2.27. The molecule has 2 N–H and O–H groups in total. The Labute approximate surface area is 138 Å². The lowest BCUT2D eigenvalue weighted by Crippen LogP contribution is -2.57. The molecule has 0 radical (unpaired) electrons. The number of halogens is 2. The van der Waals surface area contributed by atoms with Gasteiger partial charge in [-0.05, 0) is 55.8 Å². The van der Waals surface area contributed by atoms with Crippen LogP contribution in [0.3, 0.4) is 0 Å². The molecule has 6 heteroatoms. The third-order valence-corrected chi connectivity index (χ3v) is 4.36. The van der Waals surface area contributed by atoms with Gasteiger partial charge in [0.1, 0.15) is 4.99 Å². The predicted molar refractivity (Wildman–Crippen MR) is 91.4 cm³/mol. The number of benzene rings is 1. The minimum Gasteiger partial charge on any atom is -0.389 e. The number of ether oxygens (including phenoxy) is 1. The number of nitrogens with zero attached hydrogens (tertiary/aromatic N) is 1. The van der Waals surface area contributed by atoms with E-state index in [4.69, 9.17) is 22.7 Å². The summed E-state index contributed by atoms with van der Waals surface area (Å²) in [4.78, 5) is 2.18. The Balaban J connectivity index is 2.42. The predicted octanol–water partition coefficient (Wildman–Crippen LogP) is 3.62. The van der Waals surface area contributed by atoms with Crippen LogP contribution in [0.25, 0.3) is 0 Å². The number of thiocarbonyl (C=S) groups is 1. The maximum absolute atomic E-state index is 14.7. The van der Waals surface area contributed by atoms with Gasteiger partial charge in [-0.15, -0.1) is 0 Å². The molecule has 21 heavy (non-hydrogen) atoms. The molecule has 1 aromatic carbocycles. The summed E-state index contributed by atoms with van der Waals surface area (Å²) in [5.41, 5.74) is 5.96. The first-order valence-corrected chi connectivity index (χ1v) is 7.95. The molecule has 0 amide bonds. The van der Waals surface area contributed by atoms with Gasteiger partial charge >= 0.3 is 0 Å². The Kier molecular flexibility index (Phi) is 4.35. The molecule has 116 valence electrons. The lowest BCUT2D eigenvalue weighted by molar-refractivity contribution is -0.133. The third kappa shape index (κ3) is 3.55. The number of morpholine rings is 1. The number of anilines is 1. The van der Waals surface area contributed by atoms with Crippen molar-refractivity contribution in [1.82, 2.24) is 0 Å². The number of hydrogen-bond donors (Lipinski definition) is 1. The summed E-state index contributed by atoms with van der Waals surface area (Å²) < 4.78 is 21.0. The molecular formula is C15H20BrFN2OS. The van der Waals surface area contributed by atoms with Crippen molar-refractivity contribution < 1.29 is 9.13 Å². The minimum atomic E-state index is -0.345. The largest absolute Gasteiger partial charge is 0.389 e. The van der Waals surface area contributed by atoms with Crippen LogP contribution in [0.1, 0.15) is 33.3 Å². The van der Waals surface area contributed by atoms with Crippen molar-refractivity contribution in [2.45, 2.75) is 38.9 Å². The summed E-state index contributed by atoms with van der Waals surface area (Å²) in [6.45, 7) is 9.28. The summed E-state index contributed by atoms with van der Waals surface area (Å²) >= 11 is 8.18. The smallest absolute Gasteiger partial charge is 0.161 e. The Morgan fingerprint density at radius 3 is 2.29 bits per heavy atom. The molecule has 0 saturated carbocycles. The first-order valence-electron chi connectivity index (χ1n) is 6.75. The summed E-state index contributed by atoms with van der Waals surface area (Å²) in [6.07, 6.45) is 0. The highest BCUT2D eigenvalue weighted by atomic mass is 79.9. The van der Waals surface area contributed by atoms with Gasteiger partial charge in [-0.1, -0.05) is 12.2 Å². The Morgan fingerprint density at radius 2 is 1.81 bits per heavy atom. The van der Waals surface area contributed by atoms with E-state index in [0.717, 1.165) is 0 Å². The van der Waals surface area contributed by atoms with Crippen LogP contribution in [0.5, 0.6) is 0 Å². The van der Waals surface area contributed by atoms with Crippen molar-refractivity contribution in [3.8, 4) is 0 Å². The maximum Gasteiger partial charge on any atom is 0.161 e. The van der Waals surface area contributed by atoms with Crippen molar-refractivity contribution >= 4 is 38.8 Å². The van der Waals surface area contributed by atoms with E-state index in [1.807, 2.05) is 32.6 Å². The molecule has 1 aliphatic heterocycles. The van der Waals surface area contributed by atoms with Crippen molar-refractivity contribution in [1.29, 1.82) is 0 Å². The second-order valence-electron chi connectivity index (χ2n) is 6.60. The zero-order valence-electron chi connectivity index (χ0n) is 12.7. The number of rotatable bonds is 2. The molecule has 2 rings (SSSR count).